The highest BCUT2D eigenvalue weighted by Gasteiger charge is 2.26. The number of hydrogen-bond donors (Lipinski definition) is 3. The molecule has 3 N–H and O–H groups in total. The van der Waals surface area contributed by atoms with Crippen LogP contribution in [0.5, 0.6) is 0 Å². The van der Waals surface area contributed by atoms with Crippen LogP contribution in [0.4, 0.5) is 0 Å². The molecule has 1 aliphatic carbocycles. The van der Waals surface area contributed by atoms with Crippen LogP contribution in [0, 0.1) is 6.92 Å². The van der Waals surface area contributed by atoms with E-state index in [1.165, 1.54) is 12.4 Å². The van der Waals surface area contributed by atoms with Crippen molar-refractivity contribution in [2.75, 3.05) is 0 Å². The molecular weight excluding hydrogens is 472 g/mol. The maximum atomic E-state index is 13.0. The van der Waals surface area contributed by atoms with Crippen LogP contribution in [-0.2, 0) is 13.0 Å². The normalized spacial score (nSPS) is 14.5. The fourth-order valence-electron chi connectivity index (χ4n) is 4.50. The SMILES string of the molecule is Cc1nc(-c2ccc3c(c2)CC[C@@H]3NC(=O)c2cc(C(=O)NCc3ccc4cnoc4c3)ncn2)n[nH]1. The van der Waals surface area contributed by atoms with Crippen LogP contribution < -0.4 is 10.6 Å². The van der Waals surface area contributed by atoms with E-state index in [4.69, 9.17) is 4.52 Å². The van der Waals surface area contributed by atoms with Gasteiger partial charge in [0.1, 0.15) is 23.5 Å². The molecule has 6 rings (SSSR count). The molecule has 3 aromatic heterocycles. The molecule has 0 aliphatic heterocycles. The lowest BCUT2D eigenvalue weighted by atomic mass is 10.0. The second-order valence-corrected chi connectivity index (χ2v) is 8.89. The third kappa shape index (κ3) is 4.54. The van der Waals surface area contributed by atoms with Gasteiger partial charge in [-0.3, -0.25) is 14.7 Å². The molecule has 1 atom stereocenters. The van der Waals surface area contributed by atoms with Crippen molar-refractivity contribution in [1.29, 1.82) is 0 Å². The molecule has 5 aromatic rings. The number of amides is 2. The van der Waals surface area contributed by atoms with Crippen LogP contribution in [-0.4, -0.2) is 42.1 Å². The van der Waals surface area contributed by atoms with Crippen LogP contribution in [0.15, 0.2) is 59.5 Å². The quantitative estimate of drug-likeness (QED) is 0.326. The lowest BCUT2D eigenvalue weighted by Gasteiger charge is -2.14. The van der Waals surface area contributed by atoms with Gasteiger partial charge in [-0.1, -0.05) is 23.4 Å². The van der Waals surface area contributed by atoms with E-state index in [-0.39, 0.29) is 29.9 Å². The molecule has 37 heavy (non-hydrogen) atoms. The molecule has 1 aliphatic rings. The Bertz CT molecular complexity index is 1640. The summed E-state index contributed by atoms with van der Waals surface area (Å²) in [7, 11) is 0. The third-order valence-electron chi connectivity index (χ3n) is 6.39. The zero-order chi connectivity index (χ0) is 25.4. The molecule has 2 amide bonds. The number of nitrogens with zero attached hydrogens (tertiary/aromatic N) is 5. The first-order valence-electron chi connectivity index (χ1n) is 11.8. The Morgan fingerprint density at radius 2 is 1.95 bits per heavy atom. The van der Waals surface area contributed by atoms with Crippen molar-refractivity contribution in [2.45, 2.75) is 32.4 Å². The molecule has 0 radical (unpaired) electrons. The Morgan fingerprint density at radius 3 is 2.78 bits per heavy atom. The Labute approximate surface area is 210 Å². The third-order valence-corrected chi connectivity index (χ3v) is 6.39. The van der Waals surface area contributed by atoms with E-state index in [0.29, 0.717) is 11.4 Å². The summed E-state index contributed by atoms with van der Waals surface area (Å²) in [6.07, 6.45) is 4.45. The zero-order valence-electron chi connectivity index (χ0n) is 19.9. The molecule has 0 fully saturated rings. The number of hydrogen-bond acceptors (Lipinski definition) is 8. The Balaban J connectivity index is 1.11. The number of nitrogens with one attached hydrogen (secondary N) is 3. The van der Waals surface area contributed by atoms with Gasteiger partial charge >= 0.3 is 0 Å². The van der Waals surface area contributed by atoms with Crippen molar-refractivity contribution < 1.29 is 14.1 Å². The predicted octanol–water partition coefficient (Wildman–Crippen LogP) is 3.06. The van der Waals surface area contributed by atoms with Crippen molar-refractivity contribution in [2.24, 2.45) is 0 Å². The first-order chi connectivity index (χ1) is 18.0. The smallest absolute Gasteiger partial charge is 0.270 e. The highest BCUT2D eigenvalue weighted by atomic mass is 16.5. The molecule has 0 saturated carbocycles. The van der Waals surface area contributed by atoms with Crippen molar-refractivity contribution >= 4 is 22.8 Å². The second-order valence-electron chi connectivity index (χ2n) is 8.89. The minimum absolute atomic E-state index is 0.110. The maximum absolute atomic E-state index is 13.0. The molecule has 0 bridgehead atoms. The number of carbonyl (C=O) groups excluding carboxylic acids is 2. The summed E-state index contributed by atoms with van der Waals surface area (Å²) in [6.45, 7) is 2.13. The Kier molecular flexibility index (Phi) is 5.64. The minimum Gasteiger partial charge on any atom is -0.356 e. The number of H-pyrrole nitrogens is 1. The van der Waals surface area contributed by atoms with Gasteiger partial charge in [0.15, 0.2) is 11.4 Å². The van der Waals surface area contributed by atoms with Gasteiger partial charge in [-0.05, 0) is 54.7 Å². The van der Waals surface area contributed by atoms with Crippen LogP contribution in [0.25, 0.3) is 22.4 Å². The monoisotopic (exact) mass is 494 g/mol. The van der Waals surface area contributed by atoms with Crippen LogP contribution >= 0.6 is 0 Å². The minimum atomic E-state index is -0.407. The van der Waals surface area contributed by atoms with Gasteiger partial charge in [-0.25, -0.2) is 15.0 Å². The van der Waals surface area contributed by atoms with Crippen molar-refractivity contribution in [3.8, 4) is 11.4 Å². The van der Waals surface area contributed by atoms with E-state index in [1.807, 2.05) is 37.3 Å². The van der Waals surface area contributed by atoms with E-state index >= 15 is 0 Å². The summed E-state index contributed by atoms with van der Waals surface area (Å²) in [5.41, 5.74) is 4.87. The van der Waals surface area contributed by atoms with E-state index in [2.05, 4.69) is 47.0 Å². The first-order valence-corrected chi connectivity index (χ1v) is 11.8. The number of aromatic nitrogens is 6. The molecule has 0 spiro atoms. The fraction of sp³-hybridized carbons (Fsp3) is 0.192. The lowest BCUT2D eigenvalue weighted by molar-refractivity contribution is 0.0931. The van der Waals surface area contributed by atoms with Gasteiger partial charge in [-0.2, -0.15) is 5.10 Å². The summed E-state index contributed by atoms with van der Waals surface area (Å²) in [6, 6.07) is 12.8. The molecule has 0 saturated heterocycles. The van der Waals surface area contributed by atoms with E-state index in [9.17, 15) is 9.59 Å². The Hall–Kier alpha value is -4.93. The molecule has 184 valence electrons. The second kappa shape index (κ2) is 9.26. The van der Waals surface area contributed by atoms with Gasteiger partial charge in [0.05, 0.1) is 12.2 Å². The highest BCUT2D eigenvalue weighted by Crippen LogP contribution is 2.33. The average Bonchev–Trinajstić information content (AvgIpc) is 3.67. The van der Waals surface area contributed by atoms with Crippen molar-refractivity contribution in [3.63, 3.8) is 0 Å². The number of fused-ring (bicyclic) bond motifs is 2. The molecule has 3 heterocycles. The number of aryl methyl sites for hydroxylation is 2. The van der Waals surface area contributed by atoms with Crippen LogP contribution in [0.3, 0.4) is 0 Å². The topological polar surface area (TPSA) is 152 Å². The van der Waals surface area contributed by atoms with Gasteiger partial charge in [0, 0.05) is 23.6 Å². The number of benzene rings is 2. The van der Waals surface area contributed by atoms with Gasteiger partial charge in [-0.15, -0.1) is 0 Å². The summed E-state index contributed by atoms with van der Waals surface area (Å²) in [4.78, 5) is 38.2. The standard InChI is InChI=1S/C26H22N8O3/c1-14-31-24(34-33-14)17-4-6-19-16(9-17)5-7-20(19)32-26(36)22-10-21(28-13-29-22)25(35)27-11-15-2-3-18-12-30-37-23(18)8-15/h2-4,6,8-10,12-13,20H,5,7,11H2,1H3,(H,27,35)(H,32,36)(H,31,33,34)/t20-/m0/s1. The molecular formula is C26H22N8O3. The highest BCUT2D eigenvalue weighted by molar-refractivity contribution is 5.97. The molecule has 0 unspecified atom stereocenters. The fourth-order valence-corrected chi connectivity index (χ4v) is 4.50. The lowest BCUT2D eigenvalue weighted by Crippen LogP contribution is -2.29. The van der Waals surface area contributed by atoms with E-state index in [1.54, 1.807) is 6.20 Å². The predicted molar refractivity (Wildman–Crippen MR) is 132 cm³/mol. The Morgan fingerprint density at radius 1 is 1.08 bits per heavy atom. The summed E-state index contributed by atoms with van der Waals surface area (Å²) in [5, 5.41) is 17.6. The largest absolute Gasteiger partial charge is 0.356 e. The van der Waals surface area contributed by atoms with Gasteiger partial charge < -0.3 is 15.2 Å². The van der Waals surface area contributed by atoms with Crippen molar-refractivity contribution in [3.05, 3.63) is 88.9 Å². The molecule has 2 aromatic carbocycles. The molecule has 11 heteroatoms. The van der Waals surface area contributed by atoms with Crippen LogP contribution in [0.2, 0.25) is 0 Å². The van der Waals surface area contributed by atoms with Crippen LogP contribution in [0.1, 0.15) is 56.0 Å². The number of aromatic amines is 1. The van der Waals surface area contributed by atoms with E-state index in [0.717, 1.165) is 46.3 Å². The average molecular weight is 495 g/mol. The number of carbonyl (C=O) groups is 2. The zero-order valence-corrected chi connectivity index (χ0v) is 19.9. The van der Waals surface area contributed by atoms with Gasteiger partial charge in [0.2, 0.25) is 0 Å². The van der Waals surface area contributed by atoms with Crippen molar-refractivity contribution in [1.82, 2.24) is 40.9 Å². The summed E-state index contributed by atoms with van der Waals surface area (Å²) < 4.78 is 5.16. The van der Waals surface area contributed by atoms with E-state index < -0.39 is 5.91 Å². The first kappa shape index (κ1) is 22.5. The summed E-state index contributed by atoms with van der Waals surface area (Å²) in [5.74, 6) is 0.637. The molecule has 11 nitrogen and oxygen atoms in total. The van der Waals surface area contributed by atoms with Gasteiger partial charge in [0.25, 0.3) is 11.8 Å². The summed E-state index contributed by atoms with van der Waals surface area (Å²) >= 11 is 0. The number of rotatable bonds is 6. The maximum Gasteiger partial charge on any atom is 0.270 e.